The second kappa shape index (κ2) is 7.86. The number of carbonyl (C=O) groups excluding carboxylic acids is 1. The third-order valence-corrected chi connectivity index (χ3v) is 5.84. The lowest BCUT2D eigenvalue weighted by atomic mass is 9.66. The Balaban J connectivity index is 1.92. The van der Waals surface area contributed by atoms with E-state index in [2.05, 4.69) is 10.0 Å². The summed E-state index contributed by atoms with van der Waals surface area (Å²) in [5.74, 6) is -1.21. The van der Waals surface area contributed by atoms with Crippen LogP contribution in [0.25, 0.3) is 0 Å². The minimum absolute atomic E-state index is 0.0479. The first-order valence-electron chi connectivity index (χ1n) is 8.40. The first-order chi connectivity index (χ1) is 11.8. The Morgan fingerprint density at radius 1 is 1.16 bits per heavy atom. The molecule has 25 heavy (non-hydrogen) atoms. The molecule has 0 spiro atoms. The lowest BCUT2D eigenvalue weighted by Crippen LogP contribution is -2.41. The highest BCUT2D eigenvalue weighted by molar-refractivity contribution is 7.92. The van der Waals surface area contributed by atoms with Gasteiger partial charge >= 0.3 is 5.97 Å². The quantitative estimate of drug-likeness (QED) is 0.620. The van der Waals surface area contributed by atoms with Gasteiger partial charge in [-0.2, -0.15) is 0 Å². The van der Waals surface area contributed by atoms with Crippen molar-refractivity contribution >= 4 is 33.3 Å². The fourth-order valence-electron chi connectivity index (χ4n) is 2.77. The van der Waals surface area contributed by atoms with Crippen LogP contribution in [-0.4, -0.2) is 31.2 Å². The number of amides is 1. The Morgan fingerprint density at radius 3 is 2.24 bits per heavy atom. The van der Waals surface area contributed by atoms with Crippen molar-refractivity contribution in [2.45, 2.75) is 45.4 Å². The standard InChI is InChI=1S/C17H24N2O5S/c1-2-3-11-25(23,24)19-14-7-5-13(6-8-14)18-15(20)12-17(16(21)22)9-4-10-17/h5-8,19H,2-4,9-12H2,1H3,(H,18,20)(H,21,22). The van der Waals surface area contributed by atoms with E-state index in [1.807, 2.05) is 6.92 Å². The van der Waals surface area contributed by atoms with Crippen LogP contribution in [0.3, 0.4) is 0 Å². The van der Waals surface area contributed by atoms with Crippen LogP contribution < -0.4 is 10.0 Å². The van der Waals surface area contributed by atoms with Gasteiger partial charge in [-0.05, 0) is 43.5 Å². The van der Waals surface area contributed by atoms with E-state index in [0.29, 0.717) is 30.6 Å². The molecule has 1 amide bonds. The molecule has 0 heterocycles. The molecule has 1 fully saturated rings. The van der Waals surface area contributed by atoms with Gasteiger partial charge in [0.2, 0.25) is 15.9 Å². The largest absolute Gasteiger partial charge is 0.481 e. The molecular weight excluding hydrogens is 344 g/mol. The highest BCUT2D eigenvalue weighted by atomic mass is 32.2. The zero-order chi connectivity index (χ0) is 18.5. The molecule has 138 valence electrons. The summed E-state index contributed by atoms with van der Waals surface area (Å²) < 4.78 is 26.2. The molecule has 0 aliphatic heterocycles. The molecule has 0 saturated heterocycles. The summed E-state index contributed by atoms with van der Waals surface area (Å²) in [6.45, 7) is 1.92. The van der Waals surface area contributed by atoms with E-state index in [1.165, 1.54) is 0 Å². The molecule has 1 saturated carbocycles. The smallest absolute Gasteiger partial charge is 0.310 e. The van der Waals surface area contributed by atoms with Crippen molar-refractivity contribution in [3.05, 3.63) is 24.3 Å². The van der Waals surface area contributed by atoms with Gasteiger partial charge in [-0.15, -0.1) is 0 Å². The highest BCUT2D eigenvalue weighted by Gasteiger charge is 2.45. The number of rotatable bonds is 9. The number of nitrogens with one attached hydrogen (secondary N) is 2. The number of carbonyl (C=O) groups is 2. The third kappa shape index (κ3) is 5.19. The molecule has 0 radical (unpaired) electrons. The van der Waals surface area contributed by atoms with Crippen molar-refractivity contribution in [1.82, 2.24) is 0 Å². The third-order valence-electron chi connectivity index (χ3n) is 4.47. The zero-order valence-electron chi connectivity index (χ0n) is 14.2. The second-order valence-corrected chi connectivity index (χ2v) is 8.36. The summed E-state index contributed by atoms with van der Waals surface area (Å²) in [5, 5.41) is 11.9. The van der Waals surface area contributed by atoms with Crippen molar-refractivity contribution in [3.63, 3.8) is 0 Å². The van der Waals surface area contributed by atoms with Crippen molar-refractivity contribution in [2.75, 3.05) is 15.8 Å². The van der Waals surface area contributed by atoms with E-state index in [9.17, 15) is 23.1 Å². The van der Waals surface area contributed by atoms with Gasteiger partial charge in [0.1, 0.15) is 0 Å². The number of hydrogen-bond donors (Lipinski definition) is 3. The summed E-state index contributed by atoms with van der Waals surface area (Å²) in [6.07, 6.45) is 3.21. The number of sulfonamides is 1. The van der Waals surface area contributed by atoms with E-state index < -0.39 is 21.4 Å². The van der Waals surface area contributed by atoms with Crippen LogP contribution in [0.15, 0.2) is 24.3 Å². The monoisotopic (exact) mass is 368 g/mol. The van der Waals surface area contributed by atoms with Crippen LogP contribution in [-0.2, 0) is 19.6 Å². The van der Waals surface area contributed by atoms with Gasteiger partial charge in [0.15, 0.2) is 0 Å². The molecule has 0 unspecified atom stereocenters. The summed E-state index contributed by atoms with van der Waals surface area (Å²) >= 11 is 0. The van der Waals surface area contributed by atoms with Gasteiger partial charge < -0.3 is 10.4 Å². The predicted molar refractivity (Wildman–Crippen MR) is 95.9 cm³/mol. The SMILES string of the molecule is CCCCS(=O)(=O)Nc1ccc(NC(=O)CC2(C(=O)O)CCC2)cc1. The molecule has 1 aliphatic carbocycles. The second-order valence-electron chi connectivity index (χ2n) is 6.52. The molecule has 3 N–H and O–H groups in total. The maximum absolute atomic E-state index is 12.1. The number of hydrogen-bond acceptors (Lipinski definition) is 4. The Hall–Kier alpha value is -2.09. The average molecular weight is 368 g/mol. The summed E-state index contributed by atoms with van der Waals surface area (Å²) in [5.41, 5.74) is -0.00432. The van der Waals surface area contributed by atoms with E-state index in [4.69, 9.17) is 0 Å². The normalized spacial score (nSPS) is 15.9. The molecule has 8 heteroatoms. The average Bonchev–Trinajstić information content (AvgIpc) is 2.50. The molecule has 7 nitrogen and oxygen atoms in total. The molecule has 2 rings (SSSR count). The number of benzene rings is 1. The fourth-order valence-corrected chi connectivity index (χ4v) is 4.03. The summed E-state index contributed by atoms with van der Waals surface area (Å²) in [6, 6.07) is 6.30. The zero-order valence-corrected chi connectivity index (χ0v) is 15.1. The first-order valence-corrected chi connectivity index (χ1v) is 10.1. The van der Waals surface area contributed by atoms with Crippen LogP contribution in [0.5, 0.6) is 0 Å². The van der Waals surface area contributed by atoms with Gasteiger partial charge in [0, 0.05) is 17.8 Å². The van der Waals surface area contributed by atoms with Crippen molar-refractivity contribution < 1.29 is 23.1 Å². The van der Waals surface area contributed by atoms with Crippen LogP contribution in [0.2, 0.25) is 0 Å². The van der Waals surface area contributed by atoms with Crippen molar-refractivity contribution in [3.8, 4) is 0 Å². The molecule has 0 bridgehead atoms. The fraction of sp³-hybridized carbons (Fsp3) is 0.529. The molecule has 0 atom stereocenters. The molecule has 1 aliphatic rings. The van der Waals surface area contributed by atoms with Gasteiger partial charge in [-0.25, -0.2) is 8.42 Å². The predicted octanol–water partition coefficient (Wildman–Crippen LogP) is 2.81. The summed E-state index contributed by atoms with van der Waals surface area (Å²) in [7, 11) is -3.36. The molecule has 1 aromatic rings. The van der Waals surface area contributed by atoms with Crippen molar-refractivity contribution in [1.29, 1.82) is 0 Å². The van der Waals surface area contributed by atoms with Gasteiger partial charge in [-0.1, -0.05) is 19.8 Å². The number of unbranched alkanes of at least 4 members (excludes halogenated alkanes) is 1. The van der Waals surface area contributed by atoms with Crippen LogP contribution >= 0.6 is 0 Å². The van der Waals surface area contributed by atoms with Crippen LogP contribution in [0.4, 0.5) is 11.4 Å². The molecular formula is C17H24N2O5S. The maximum Gasteiger partial charge on any atom is 0.310 e. The summed E-state index contributed by atoms with van der Waals surface area (Å²) in [4.78, 5) is 23.4. The Bertz CT molecular complexity index is 724. The lowest BCUT2D eigenvalue weighted by Gasteiger charge is -2.36. The van der Waals surface area contributed by atoms with Gasteiger partial charge in [-0.3, -0.25) is 14.3 Å². The van der Waals surface area contributed by atoms with E-state index in [-0.39, 0.29) is 18.1 Å². The number of aliphatic carboxylic acids is 1. The Labute approximate surface area is 147 Å². The van der Waals surface area contributed by atoms with Gasteiger partial charge in [0.25, 0.3) is 0 Å². The Kier molecular flexibility index (Phi) is 6.05. The Morgan fingerprint density at radius 2 is 1.76 bits per heavy atom. The van der Waals surface area contributed by atoms with E-state index >= 15 is 0 Å². The van der Waals surface area contributed by atoms with E-state index in [1.54, 1.807) is 24.3 Å². The maximum atomic E-state index is 12.1. The highest BCUT2D eigenvalue weighted by Crippen LogP contribution is 2.44. The lowest BCUT2D eigenvalue weighted by molar-refractivity contribution is -0.157. The number of carboxylic acid groups (broad SMARTS) is 1. The van der Waals surface area contributed by atoms with Crippen LogP contribution in [0, 0.1) is 5.41 Å². The topological polar surface area (TPSA) is 113 Å². The number of carboxylic acids is 1. The minimum atomic E-state index is -3.36. The van der Waals surface area contributed by atoms with Gasteiger partial charge in [0.05, 0.1) is 11.2 Å². The molecule has 1 aromatic carbocycles. The molecule has 0 aromatic heterocycles. The van der Waals surface area contributed by atoms with Crippen LogP contribution in [0.1, 0.15) is 45.4 Å². The minimum Gasteiger partial charge on any atom is -0.481 e. The van der Waals surface area contributed by atoms with Crippen molar-refractivity contribution in [2.24, 2.45) is 5.41 Å². The number of anilines is 2. The van der Waals surface area contributed by atoms with E-state index in [0.717, 1.165) is 12.8 Å². The first kappa shape index (κ1) is 19.2.